The van der Waals surface area contributed by atoms with Gasteiger partial charge in [-0.1, -0.05) is 25.1 Å². The summed E-state index contributed by atoms with van der Waals surface area (Å²) < 4.78 is 0. The van der Waals surface area contributed by atoms with E-state index >= 15 is 0 Å². The van der Waals surface area contributed by atoms with Gasteiger partial charge in [-0.3, -0.25) is 4.79 Å². The lowest BCUT2D eigenvalue weighted by Gasteiger charge is -2.30. The van der Waals surface area contributed by atoms with Crippen LogP contribution in [-0.2, 0) is 0 Å². The van der Waals surface area contributed by atoms with Crippen molar-refractivity contribution >= 4 is 17.5 Å². The average Bonchev–Trinajstić information content (AvgIpc) is 2.61. The van der Waals surface area contributed by atoms with Gasteiger partial charge < -0.3 is 9.80 Å². The Bertz CT molecular complexity index is 674. The standard InChI is InChI=1S/C18H22N4O/c1-14-7-6-12-22(13-14)17(23)16-10-11-19-18(20-16)21(2)15-8-4-3-5-9-15/h3-5,8-11,14H,6-7,12-13H2,1-2H3. The molecule has 2 aromatic rings. The Morgan fingerprint density at radius 2 is 2.04 bits per heavy atom. The lowest BCUT2D eigenvalue weighted by molar-refractivity contribution is 0.0677. The van der Waals surface area contributed by atoms with Crippen LogP contribution < -0.4 is 4.90 Å². The minimum absolute atomic E-state index is 0.00154. The SMILES string of the molecule is CC1CCCN(C(=O)c2ccnc(N(C)c3ccccc3)n2)C1. The quantitative estimate of drug-likeness (QED) is 0.874. The highest BCUT2D eigenvalue weighted by Gasteiger charge is 2.23. The molecule has 0 bridgehead atoms. The summed E-state index contributed by atoms with van der Waals surface area (Å²) in [7, 11) is 1.90. The van der Waals surface area contributed by atoms with Crippen molar-refractivity contribution in [3.05, 3.63) is 48.3 Å². The molecule has 0 spiro atoms. The number of piperidine rings is 1. The summed E-state index contributed by atoms with van der Waals surface area (Å²) in [5.41, 5.74) is 1.45. The van der Waals surface area contributed by atoms with Crippen LogP contribution in [0.5, 0.6) is 0 Å². The molecule has 0 N–H and O–H groups in total. The van der Waals surface area contributed by atoms with Gasteiger partial charge in [0.1, 0.15) is 5.69 Å². The smallest absolute Gasteiger partial charge is 0.272 e. The van der Waals surface area contributed by atoms with Crippen molar-refractivity contribution in [1.29, 1.82) is 0 Å². The van der Waals surface area contributed by atoms with Crippen LogP contribution in [0, 0.1) is 5.92 Å². The number of para-hydroxylation sites is 1. The fourth-order valence-corrected chi connectivity index (χ4v) is 2.93. The van der Waals surface area contributed by atoms with Gasteiger partial charge >= 0.3 is 0 Å². The van der Waals surface area contributed by atoms with E-state index in [1.165, 1.54) is 6.42 Å². The average molecular weight is 310 g/mol. The second kappa shape index (κ2) is 6.77. The van der Waals surface area contributed by atoms with Crippen LogP contribution in [0.2, 0.25) is 0 Å². The predicted molar refractivity (Wildman–Crippen MR) is 90.8 cm³/mol. The Labute approximate surface area is 137 Å². The molecule has 1 saturated heterocycles. The van der Waals surface area contributed by atoms with E-state index in [1.807, 2.05) is 47.2 Å². The third-order valence-corrected chi connectivity index (χ3v) is 4.25. The Morgan fingerprint density at radius 1 is 1.26 bits per heavy atom. The minimum atomic E-state index is 0.00154. The van der Waals surface area contributed by atoms with E-state index in [9.17, 15) is 4.79 Å². The summed E-state index contributed by atoms with van der Waals surface area (Å²) >= 11 is 0. The highest BCUT2D eigenvalue weighted by molar-refractivity contribution is 5.92. The van der Waals surface area contributed by atoms with E-state index in [0.717, 1.165) is 25.2 Å². The van der Waals surface area contributed by atoms with Gasteiger partial charge in [-0.05, 0) is 37.0 Å². The molecule has 0 aliphatic carbocycles. The highest BCUT2D eigenvalue weighted by atomic mass is 16.2. The number of anilines is 2. The number of carbonyl (C=O) groups excluding carboxylic acids is 1. The Balaban J connectivity index is 1.81. The molecule has 1 unspecified atom stereocenters. The first-order valence-corrected chi connectivity index (χ1v) is 8.06. The third kappa shape index (κ3) is 3.50. The number of rotatable bonds is 3. The number of nitrogens with zero attached hydrogens (tertiary/aromatic N) is 4. The van der Waals surface area contributed by atoms with Crippen molar-refractivity contribution in [3.63, 3.8) is 0 Å². The van der Waals surface area contributed by atoms with Gasteiger partial charge in [0.25, 0.3) is 5.91 Å². The molecule has 1 aromatic carbocycles. The maximum absolute atomic E-state index is 12.7. The van der Waals surface area contributed by atoms with Gasteiger partial charge in [-0.15, -0.1) is 0 Å². The molecule has 1 aliphatic heterocycles. The zero-order valence-electron chi connectivity index (χ0n) is 13.6. The zero-order chi connectivity index (χ0) is 16.2. The number of likely N-dealkylation sites (tertiary alicyclic amines) is 1. The van der Waals surface area contributed by atoms with Gasteiger partial charge in [0.15, 0.2) is 0 Å². The molecule has 120 valence electrons. The summed E-state index contributed by atoms with van der Waals surface area (Å²) in [4.78, 5) is 25.2. The minimum Gasteiger partial charge on any atom is -0.337 e. The summed E-state index contributed by atoms with van der Waals surface area (Å²) in [5, 5.41) is 0. The number of hydrogen-bond acceptors (Lipinski definition) is 4. The maximum atomic E-state index is 12.7. The van der Waals surface area contributed by atoms with Crippen molar-refractivity contribution in [3.8, 4) is 0 Å². The predicted octanol–water partition coefficient (Wildman–Crippen LogP) is 3.12. The van der Waals surface area contributed by atoms with Crippen LogP contribution in [0.15, 0.2) is 42.6 Å². The first-order chi connectivity index (χ1) is 11.1. The second-order valence-electron chi connectivity index (χ2n) is 6.14. The Kier molecular flexibility index (Phi) is 4.55. The first-order valence-electron chi connectivity index (χ1n) is 8.06. The number of aromatic nitrogens is 2. The molecule has 1 atom stereocenters. The van der Waals surface area contributed by atoms with Crippen molar-refractivity contribution < 1.29 is 4.79 Å². The molecular formula is C18H22N4O. The van der Waals surface area contributed by atoms with Gasteiger partial charge in [-0.25, -0.2) is 9.97 Å². The second-order valence-corrected chi connectivity index (χ2v) is 6.14. The molecule has 23 heavy (non-hydrogen) atoms. The van der Waals surface area contributed by atoms with E-state index in [-0.39, 0.29) is 5.91 Å². The van der Waals surface area contributed by atoms with E-state index in [1.54, 1.807) is 12.3 Å². The molecule has 1 aliphatic rings. The van der Waals surface area contributed by atoms with Crippen molar-refractivity contribution in [2.24, 2.45) is 5.92 Å². The van der Waals surface area contributed by atoms with E-state index in [0.29, 0.717) is 17.6 Å². The monoisotopic (exact) mass is 310 g/mol. The van der Waals surface area contributed by atoms with Crippen LogP contribution in [0.4, 0.5) is 11.6 Å². The summed E-state index contributed by atoms with van der Waals surface area (Å²) in [6.07, 6.45) is 3.91. The normalized spacial score (nSPS) is 17.8. The van der Waals surface area contributed by atoms with Gasteiger partial charge in [0.2, 0.25) is 5.95 Å². The number of hydrogen-bond donors (Lipinski definition) is 0. The Morgan fingerprint density at radius 3 is 2.78 bits per heavy atom. The lowest BCUT2D eigenvalue weighted by Crippen LogP contribution is -2.39. The molecule has 2 heterocycles. The lowest BCUT2D eigenvalue weighted by atomic mass is 10.00. The van der Waals surface area contributed by atoms with Crippen molar-refractivity contribution in [2.45, 2.75) is 19.8 Å². The molecular weight excluding hydrogens is 288 g/mol. The molecule has 1 amide bonds. The molecule has 3 rings (SSSR count). The summed E-state index contributed by atoms with van der Waals surface area (Å²) in [5.74, 6) is 1.09. The fraction of sp³-hybridized carbons (Fsp3) is 0.389. The summed E-state index contributed by atoms with van der Waals surface area (Å²) in [6.45, 7) is 3.82. The molecule has 5 nitrogen and oxygen atoms in total. The van der Waals surface area contributed by atoms with Crippen LogP contribution in [-0.4, -0.2) is 40.9 Å². The van der Waals surface area contributed by atoms with Gasteiger partial charge in [0, 0.05) is 32.0 Å². The Hall–Kier alpha value is -2.43. The number of carbonyl (C=O) groups is 1. The molecule has 5 heteroatoms. The first kappa shape index (κ1) is 15.5. The number of amides is 1. The molecule has 0 saturated carbocycles. The molecule has 1 fully saturated rings. The van der Waals surface area contributed by atoms with Crippen LogP contribution in [0.3, 0.4) is 0 Å². The topological polar surface area (TPSA) is 49.3 Å². The van der Waals surface area contributed by atoms with Crippen LogP contribution in [0.25, 0.3) is 0 Å². The van der Waals surface area contributed by atoms with E-state index in [2.05, 4.69) is 16.9 Å². The van der Waals surface area contributed by atoms with E-state index in [4.69, 9.17) is 0 Å². The van der Waals surface area contributed by atoms with Gasteiger partial charge in [-0.2, -0.15) is 0 Å². The maximum Gasteiger partial charge on any atom is 0.272 e. The highest BCUT2D eigenvalue weighted by Crippen LogP contribution is 2.21. The number of benzene rings is 1. The van der Waals surface area contributed by atoms with Crippen LogP contribution >= 0.6 is 0 Å². The van der Waals surface area contributed by atoms with Crippen molar-refractivity contribution in [1.82, 2.24) is 14.9 Å². The third-order valence-electron chi connectivity index (χ3n) is 4.25. The molecule has 1 aromatic heterocycles. The summed E-state index contributed by atoms with van der Waals surface area (Å²) in [6, 6.07) is 11.6. The fourth-order valence-electron chi connectivity index (χ4n) is 2.93. The largest absolute Gasteiger partial charge is 0.337 e. The van der Waals surface area contributed by atoms with Crippen LogP contribution in [0.1, 0.15) is 30.3 Å². The van der Waals surface area contributed by atoms with Crippen molar-refractivity contribution in [2.75, 3.05) is 25.0 Å². The zero-order valence-corrected chi connectivity index (χ0v) is 13.6. The van der Waals surface area contributed by atoms with E-state index < -0.39 is 0 Å². The molecule has 0 radical (unpaired) electrons. The van der Waals surface area contributed by atoms with Gasteiger partial charge in [0.05, 0.1) is 0 Å².